The van der Waals surface area contributed by atoms with Gasteiger partial charge in [-0.2, -0.15) is 5.26 Å². The van der Waals surface area contributed by atoms with Crippen LogP contribution in [0.1, 0.15) is 5.56 Å². The van der Waals surface area contributed by atoms with Crippen molar-refractivity contribution in [2.45, 2.75) is 0 Å². The predicted octanol–water partition coefficient (Wildman–Crippen LogP) is 15.3. The molecule has 0 fully saturated rings. The van der Waals surface area contributed by atoms with Gasteiger partial charge in [-0.15, -0.1) is 0 Å². The van der Waals surface area contributed by atoms with Crippen molar-refractivity contribution in [3.05, 3.63) is 224 Å². The molecule has 12 aromatic rings. The van der Waals surface area contributed by atoms with Crippen molar-refractivity contribution in [3.63, 3.8) is 0 Å². The van der Waals surface area contributed by atoms with Gasteiger partial charge < -0.3 is 8.98 Å². The minimum atomic E-state index is 0.419. The molecule has 5 heteroatoms. The quantitative estimate of drug-likeness (QED) is 0.161. The Morgan fingerprint density at radius 1 is 0.391 bits per heavy atom. The van der Waals surface area contributed by atoms with Gasteiger partial charge in [-0.1, -0.05) is 200 Å². The molecule has 64 heavy (non-hydrogen) atoms. The van der Waals surface area contributed by atoms with Crippen LogP contribution in [0.25, 0.3) is 117 Å². The second kappa shape index (κ2) is 15.3. The molecule has 298 valence electrons. The first-order chi connectivity index (χ1) is 31.7. The van der Waals surface area contributed by atoms with Gasteiger partial charge in [0.05, 0.1) is 39.1 Å². The van der Waals surface area contributed by atoms with Gasteiger partial charge in [0.1, 0.15) is 22.8 Å². The number of aromatic nitrogens is 3. The van der Waals surface area contributed by atoms with Crippen molar-refractivity contribution < 1.29 is 4.42 Å². The number of nitriles is 1. The molecule has 12 rings (SSSR count). The lowest BCUT2D eigenvalue weighted by Crippen LogP contribution is -2.07. The van der Waals surface area contributed by atoms with Gasteiger partial charge in [-0.05, 0) is 40.5 Å². The molecule has 0 aliphatic heterocycles. The van der Waals surface area contributed by atoms with Crippen LogP contribution in [0.15, 0.2) is 223 Å². The predicted molar refractivity (Wildman–Crippen MR) is 261 cm³/mol. The Bertz CT molecular complexity index is 3700. The maximum absolute atomic E-state index is 10.9. The molecule has 0 saturated heterocycles. The number of furan rings is 1. The Hall–Kier alpha value is -8.85. The molecule has 5 nitrogen and oxygen atoms in total. The molecule has 0 aliphatic carbocycles. The zero-order valence-electron chi connectivity index (χ0n) is 34.5. The number of nitrogens with zero attached hydrogens (tertiary/aromatic N) is 4. The maximum atomic E-state index is 10.9. The summed E-state index contributed by atoms with van der Waals surface area (Å²) in [6.45, 7) is 0. The Morgan fingerprint density at radius 2 is 0.875 bits per heavy atom. The van der Waals surface area contributed by atoms with Crippen LogP contribution in [-0.2, 0) is 0 Å². The van der Waals surface area contributed by atoms with Crippen molar-refractivity contribution >= 4 is 43.7 Å². The second-order valence-electron chi connectivity index (χ2n) is 15.9. The van der Waals surface area contributed by atoms with E-state index >= 15 is 0 Å². The van der Waals surface area contributed by atoms with E-state index in [0.717, 1.165) is 99.5 Å². The lowest BCUT2D eigenvalue weighted by atomic mass is 9.91. The van der Waals surface area contributed by atoms with E-state index in [1.807, 2.05) is 78.9 Å². The molecule has 3 aromatic heterocycles. The highest BCUT2D eigenvalue weighted by atomic mass is 16.3. The van der Waals surface area contributed by atoms with Gasteiger partial charge in [-0.25, -0.2) is 9.97 Å². The second-order valence-corrected chi connectivity index (χ2v) is 15.9. The Morgan fingerprint density at radius 3 is 1.47 bits per heavy atom. The summed E-state index contributed by atoms with van der Waals surface area (Å²) in [6, 6.07) is 77.7. The lowest BCUT2D eigenvalue weighted by molar-refractivity contribution is 0.674. The number of hydrogen-bond acceptors (Lipinski definition) is 4. The standard InChI is InChI=1S/C59H36N4O/c60-37-49-54(41-25-12-4-13-26-41)61-59(62-55(49)42-27-14-5-15-28-42)53-43(38-19-6-1-7-20-38)33-34-44(39-21-8-2-9-22-39)56(53)63-50-32-17-16-29-48(50)52-51(63)36-35-47-46-31-18-30-45(57(46)64-58(47)52)40-23-10-3-11-24-40/h1-36H. The maximum Gasteiger partial charge on any atom is 0.163 e. The molecule has 0 atom stereocenters. The van der Waals surface area contributed by atoms with E-state index in [1.54, 1.807) is 0 Å². The highest BCUT2D eigenvalue weighted by Crippen LogP contribution is 2.48. The zero-order valence-corrected chi connectivity index (χ0v) is 34.5. The van der Waals surface area contributed by atoms with Crippen LogP contribution in [0.2, 0.25) is 0 Å². The van der Waals surface area contributed by atoms with Crippen LogP contribution in [0.4, 0.5) is 0 Å². The fourth-order valence-electron chi connectivity index (χ4n) is 9.44. The summed E-state index contributed by atoms with van der Waals surface area (Å²) in [7, 11) is 0. The number of fused-ring (bicyclic) bond motifs is 7. The van der Waals surface area contributed by atoms with Crippen LogP contribution < -0.4 is 0 Å². The van der Waals surface area contributed by atoms with E-state index in [9.17, 15) is 5.26 Å². The van der Waals surface area contributed by atoms with Crippen LogP contribution in [0.5, 0.6) is 0 Å². The normalized spacial score (nSPS) is 11.4. The minimum Gasteiger partial charge on any atom is -0.455 e. The molecule has 0 saturated carbocycles. The van der Waals surface area contributed by atoms with E-state index in [4.69, 9.17) is 14.4 Å². The molecular formula is C59H36N4O. The summed E-state index contributed by atoms with van der Waals surface area (Å²) in [5, 5.41) is 15.1. The molecule has 0 bridgehead atoms. The fourth-order valence-corrected chi connectivity index (χ4v) is 9.44. The third kappa shape index (κ3) is 5.93. The third-order valence-electron chi connectivity index (χ3n) is 12.3. The molecule has 0 amide bonds. The van der Waals surface area contributed by atoms with Crippen molar-refractivity contribution in [2.75, 3.05) is 0 Å². The molecular weight excluding hydrogens is 781 g/mol. The summed E-state index contributed by atoms with van der Waals surface area (Å²) < 4.78 is 9.50. The van der Waals surface area contributed by atoms with Gasteiger partial charge >= 0.3 is 0 Å². The largest absolute Gasteiger partial charge is 0.455 e. The molecule has 0 N–H and O–H groups in total. The Labute approximate surface area is 369 Å². The summed E-state index contributed by atoms with van der Waals surface area (Å²) in [6.07, 6.45) is 0. The Balaban J connectivity index is 1.26. The summed E-state index contributed by atoms with van der Waals surface area (Å²) in [4.78, 5) is 10.9. The van der Waals surface area contributed by atoms with Crippen LogP contribution >= 0.6 is 0 Å². The topological polar surface area (TPSA) is 67.6 Å². The first-order valence-electron chi connectivity index (χ1n) is 21.4. The number of rotatable bonds is 7. The van der Waals surface area contributed by atoms with Crippen LogP contribution in [0.3, 0.4) is 0 Å². The fraction of sp³-hybridized carbons (Fsp3) is 0. The molecule has 3 heterocycles. The van der Waals surface area contributed by atoms with E-state index < -0.39 is 0 Å². The van der Waals surface area contributed by atoms with Gasteiger partial charge in [0.25, 0.3) is 0 Å². The highest BCUT2D eigenvalue weighted by Gasteiger charge is 2.28. The van der Waals surface area contributed by atoms with Crippen LogP contribution in [0, 0.1) is 11.3 Å². The van der Waals surface area contributed by atoms with E-state index in [2.05, 4.69) is 150 Å². The monoisotopic (exact) mass is 816 g/mol. The zero-order chi connectivity index (χ0) is 42.6. The van der Waals surface area contributed by atoms with Gasteiger partial charge in [0.2, 0.25) is 0 Å². The van der Waals surface area contributed by atoms with Crippen molar-refractivity contribution in [1.82, 2.24) is 14.5 Å². The SMILES string of the molecule is N#Cc1c(-c2ccccc2)nc(-c2c(-c3ccccc3)ccc(-c3ccccc3)c2-n2c3ccccc3c3c4oc5c(-c6ccccc6)cccc5c4ccc32)nc1-c1ccccc1. The first kappa shape index (κ1) is 37.0. The van der Waals surface area contributed by atoms with Crippen LogP contribution in [-0.4, -0.2) is 14.5 Å². The molecule has 0 spiro atoms. The molecule has 0 unspecified atom stereocenters. The number of hydrogen-bond donors (Lipinski definition) is 0. The van der Waals surface area contributed by atoms with Gasteiger partial charge in [0.15, 0.2) is 5.82 Å². The average molecular weight is 817 g/mol. The summed E-state index contributed by atoms with van der Waals surface area (Å²) in [5.41, 5.74) is 14.9. The smallest absolute Gasteiger partial charge is 0.163 e. The van der Waals surface area contributed by atoms with Crippen molar-refractivity contribution in [2.24, 2.45) is 0 Å². The van der Waals surface area contributed by atoms with Crippen molar-refractivity contribution in [1.29, 1.82) is 5.26 Å². The molecule has 0 radical (unpaired) electrons. The van der Waals surface area contributed by atoms with E-state index in [0.29, 0.717) is 22.8 Å². The number of benzene rings is 9. The third-order valence-corrected chi connectivity index (χ3v) is 12.3. The molecule has 0 aliphatic rings. The van der Waals surface area contributed by atoms with E-state index in [1.165, 1.54) is 0 Å². The van der Waals surface area contributed by atoms with Crippen molar-refractivity contribution in [3.8, 4) is 79.0 Å². The summed E-state index contributed by atoms with van der Waals surface area (Å²) >= 11 is 0. The average Bonchev–Trinajstić information content (AvgIpc) is 3.93. The first-order valence-corrected chi connectivity index (χ1v) is 21.4. The van der Waals surface area contributed by atoms with Gasteiger partial charge in [-0.3, -0.25) is 0 Å². The minimum absolute atomic E-state index is 0.419. The number of para-hydroxylation sites is 2. The molecule has 9 aromatic carbocycles. The Kier molecular flexibility index (Phi) is 8.81. The van der Waals surface area contributed by atoms with E-state index in [-0.39, 0.29) is 0 Å². The van der Waals surface area contributed by atoms with Gasteiger partial charge in [0, 0.05) is 38.4 Å². The lowest BCUT2D eigenvalue weighted by Gasteiger charge is -2.22. The summed E-state index contributed by atoms with van der Waals surface area (Å²) in [5.74, 6) is 0.506. The highest BCUT2D eigenvalue weighted by molar-refractivity contribution is 6.25.